The predicted molar refractivity (Wildman–Crippen MR) is 109 cm³/mol. The molecule has 0 aliphatic carbocycles. The van der Waals surface area contributed by atoms with E-state index in [2.05, 4.69) is 15.6 Å². The van der Waals surface area contributed by atoms with Gasteiger partial charge in [-0.05, 0) is 12.5 Å². The Balaban J connectivity index is 1.49. The van der Waals surface area contributed by atoms with E-state index in [1.165, 1.54) is 18.3 Å². The molecule has 0 fully saturated rings. The number of urea groups is 1. The van der Waals surface area contributed by atoms with Crippen LogP contribution in [-0.4, -0.2) is 29.0 Å². The highest BCUT2D eigenvalue weighted by Gasteiger charge is 2.22. The van der Waals surface area contributed by atoms with Gasteiger partial charge < -0.3 is 10.1 Å². The van der Waals surface area contributed by atoms with Crippen LogP contribution in [0.2, 0.25) is 0 Å². The van der Waals surface area contributed by atoms with Gasteiger partial charge in [0.05, 0.1) is 0 Å². The monoisotopic (exact) mass is 409 g/mol. The van der Waals surface area contributed by atoms with Gasteiger partial charge >= 0.3 is 12.0 Å². The fourth-order valence-corrected chi connectivity index (χ4v) is 3.19. The molecule has 7 nitrogen and oxygen atoms in total. The van der Waals surface area contributed by atoms with Gasteiger partial charge in [0.1, 0.15) is 5.01 Å². The Morgan fingerprint density at radius 3 is 2.38 bits per heavy atom. The van der Waals surface area contributed by atoms with Crippen LogP contribution in [-0.2, 0) is 16.1 Å². The van der Waals surface area contributed by atoms with Gasteiger partial charge in [0.15, 0.2) is 11.8 Å². The van der Waals surface area contributed by atoms with Crippen LogP contribution < -0.4 is 10.6 Å². The molecule has 0 unspecified atom stereocenters. The van der Waals surface area contributed by atoms with E-state index in [0.717, 1.165) is 11.1 Å². The Hall–Kier alpha value is -3.52. The van der Waals surface area contributed by atoms with Gasteiger partial charge in [-0.2, -0.15) is 0 Å². The summed E-state index contributed by atoms with van der Waals surface area (Å²) in [5.74, 6) is -1.45. The third-order valence-corrected chi connectivity index (χ3v) is 4.81. The van der Waals surface area contributed by atoms with E-state index < -0.39 is 24.0 Å². The number of nitrogens with zero attached hydrogens (tertiary/aromatic N) is 1. The van der Waals surface area contributed by atoms with Gasteiger partial charge in [-0.15, -0.1) is 11.3 Å². The van der Waals surface area contributed by atoms with Crippen molar-refractivity contribution in [3.63, 3.8) is 0 Å². The van der Waals surface area contributed by atoms with Gasteiger partial charge in [-0.3, -0.25) is 10.1 Å². The van der Waals surface area contributed by atoms with E-state index in [1.807, 2.05) is 60.7 Å². The summed E-state index contributed by atoms with van der Waals surface area (Å²) < 4.78 is 5.12. The van der Waals surface area contributed by atoms with E-state index in [0.29, 0.717) is 5.01 Å². The standard InChI is InChI=1S/C21H19N3O4S/c1-14(18(25)24-21(27)22-12-15-8-4-2-5-9-15)28-20(26)17-13-29-19(23-17)16-10-6-3-7-11-16/h2-11,13-14H,12H2,1H3,(H2,22,24,25,27)/t14-/m1/s1. The van der Waals surface area contributed by atoms with Crippen molar-refractivity contribution in [1.29, 1.82) is 0 Å². The van der Waals surface area contributed by atoms with Gasteiger partial charge in [-0.25, -0.2) is 14.6 Å². The lowest BCUT2D eigenvalue weighted by Crippen LogP contribution is -2.44. The number of benzene rings is 2. The minimum Gasteiger partial charge on any atom is -0.448 e. The Bertz CT molecular complexity index is 989. The van der Waals surface area contributed by atoms with Crippen LogP contribution in [0.5, 0.6) is 0 Å². The quantitative estimate of drug-likeness (QED) is 0.608. The van der Waals surface area contributed by atoms with Gasteiger partial charge in [0.25, 0.3) is 5.91 Å². The molecule has 0 aliphatic rings. The van der Waals surface area contributed by atoms with Crippen LogP contribution in [0.3, 0.4) is 0 Å². The number of carbonyl (C=O) groups excluding carboxylic acids is 3. The first-order chi connectivity index (χ1) is 14.0. The maximum Gasteiger partial charge on any atom is 0.358 e. The molecular weight excluding hydrogens is 390 g/mol. The van der Waals surface area contributed by atoms with Crippen LogP contribution in [0.4, 0.5) is 4.79 Å². The van der Waals surface area contributed by atoms with E-state index in [1.54, 1.807) is 5.38 Å². The SMILES string of the molecule is C[C@@H](OC(=O)c1csc(-c2ccccc2)n1)C(=O)NC(=O)NCc1ccccc1. The van der Waals surface area contributed by atoms with Crippen molar-refractivity contribution in [2.75, 3.05) is 0 Å². The lowest BCUT2D eigenvalue weighted by atomic mass is 10.2. The van der Waals surface area contributed by atoms with Gasteiger partial charge in [-0.1, -0.05) is 60.7 Å². The zero-order chi connectivity index (χ0) is 20.6. The van der Waals surface area contributed by atoms with Crippen molar-refractivity contribution < 1.29 is 19.1 Å². The zero-order valence-corrected chi connectivity index (χ0v) is 16.4. The molecule has 1 heterocycles. The smallest absolute Gasteiger partial charge is 0.358 e. The molecule has 29 heavy (non-hydrogen) atoms. The molecule has 1 atom stereocenters. The molecule has 3 rings (SSSR count). The average Bonchev–Trinajstić information content (AvgIpc) is 3.24. The molecule has 3 amide bonds. The number of nitrogens with one attached hydrogen (secondary N) is 2. The van der Waals surface area contributed by atoms with Gasteiger partial charge in [0.2, 0.25) is 0 Å². The number of aromatic nitrogens is 1. The molecule has 0 bridgehead atoms. The number of rotatable bonds is 6. The number of amides is 3. The number of hydrogen-bond acceptors (Lipinski definition) is 6. The summed E-state index contributed by atoms with van der Waals surface area (Å²) in [4.78, 5) is 40.4. The summed E-state index contributed by atoms with van der Waals surface area (Å²) in [7, 11) is 0. The first-order valence-electron chi connectivity index (χ1n) is 8.87. The average molecular weight is 409 g/mol. The Morgan fingerprint density at radius 2 is 1.69 bits per heavy atom. The molecule has 0 spiro atoms. The van der Waals surface area contributed by atoms with E-state index in [-0.39, 0.29) is 12.2 Å². The summed E-state index contributed by atoms with van der Waals surface area (Å²) in [6.07, 6.45) is -1.15. The largest absolute Gasteiger partial charge is 0.448 e. The molecule has 1 aromatic heterocycles. The fourth-order valence-electron chi connectivity index (χ4n) is 2.39. The van der Waals surface area contributed by atoms with Crippen LogP contribution in [0.25, 0.3) is 10.6 Å². The first kappa shape index (κ1) is 20.2. The van der Waals surface area contributed by atoms with E-state index in [9.17, 15) is 14.4 Å². The highest BCUT2D eigenvalue weighted by atomic mass is 32.1. The first-order valence-corrected chi connectivity index (χ1v) is 9.75. The van der Waals surface area contributed by atoms with Crippen molar-refractivity contribution in [2.24, 2.45) is 0 Å². The maximum absolute atomic E-state index is 12.2. The second-order valence-electron chi connectivity index (χ2n) is 6.11. The topological polar surface area (TPSA) is 97.4 Å². The molecule has 3 aromatic rings. The summed E-state index contributed by atoms with van der Waals surface area (Å²) in [6, 6.07) is 18.0. The molecule has 0 saturated carbocycles. The maximum atomic E-state index is 12.2. The zero-order valence-electron chi connectivity index (χ0n) is 15.6. The van der Waals surface area contributed by atoms with Crippen molar-refractivity contribution in [3.05, 3.63) is 77.3 Å². The molecule has 0 radical (unpaired) electrons. The van der Waals surface area contributed by atoms with E-state index >= 15 is 0 Å². The Labute approximate surface area is 171 Å². The third kappa shape index (κ3) is 5.73. The minimum atomic E-state index is -1.15. The predicted octanol–water partition coefficient (Wildman–Crippen LogP) is 3.38. The van der Waals surface area contributed by atoms with Crippen molar-refractivity contribution in [3.8, 4) is 10.6 Å². The minimum absolute atomic E-state index is 0.113. The molecule has 0 saturated heterocycles. The van der Waals surface area contributed by atoms with Crippen molar-refractivity contribution in [1.82, 2.24) is 15.6 Å². The van der Waals surface area contributed by atoms with Crippen LogP contribution in [0.15, 0.2) is 66.0 Å². The number of imide groups is 1. The lowest BCUT2D eigenvalue weighted by molar-refractivity contribution is -0.127. The summed E-state index contributed by atoms with van der Waals surface area (Å²) in [5.41, 5.74) is 1.90. The van der Waals surface area contributed by atoms with Crippen molar-refractivity contribution in [2.45, 2.75) is 19.6 Å². The Morgan fingerprint density at radius 1 is 1.03 bits per heavy atom. The molecule has 0 aliphatic heterocycles. The highest BCUT2D eigenvalue weighted by molar-refractivity contribution is 7.13. The third-order valence-electron chi connectivity index (χ3n) is 3.92. The number of carbonyl (C=O) groups is 3. The number of ether oxygens (including phenoxy) is 1. The van der Waals surface area contributed by atoms with Crippen LogP contribution in [0, 0.1) is 0 Å². The molecule has 2 N–H and O–H groups in total. The fraction of sp³-hybridized carbons (Fsp3) is 0.143. The molecule has 8 heteroatoms. The molecule has 2 aromatic carbocycles. The van der Waals surface area contributed by atoms with E-state index in [4.69, 9.17) is 4.74 Å². The summed E-state index contributed by atoms with van der Waals surface area (Å²) >= 11 is 1.30. The number of esters is 1. The molecule has 148 valence electrons. The van der Waals surface area contributed by atoms with Crippen LogP contribution in [0.1, 0.15) is 23.0 Å². The van der Waals surface area contributed by atoms with Crippen molar-refractivity contribution >= 4 is 29.2 Å². The Kier molecular flexibility index (Phi) is 6.70. The summed E-state index contributed by atoms with van der Waals surface area (Å²) in [5, 5.41) is 6.97. The second kappa shape index (κ2) is 9.61. The highest BCUT2D eigenvalue weighted by Crippen LogP contribution is 2.23. The number of hydrogen-bond donors (Lipinski definition) is 2. The summed E-state index contributed by atoms with van der Waals surface area (Å²) in [6.45, 7) is 1.66. The second-order valence-corrected chi connectivity index (χ2v) is 6.97. The van der Waals surface area contributed by atoms with Gasteiger partial charge in [0, 0.05) is 17.5 Å². The normalized spacial score (nSPS) is 11.3. The number of thiazole rings is 1. The molecular formula is C21H19N3O4S. The van der Waals surface area contributed by atoms with Crippen LogP contribution >= 0.6 is 11.3 Å². The lowest BCUT2D eigenvalue weighted by Gasteiger charge is -2.12.